The summed E-state index contributed by atoms with van der Waals surface area (Å²) in [7, 11) is 2.11. The summed E-state index contributed by atoms with van der Waals surface area (Å²) in [5.41, 5.74) is 2.39. The van der Waals surface area contributed by atoms with Crippen molar-refractivity contribution in [1.29, 1.82) is 0 Å². The Bertz CT molecular complexity index is 1340. The van der Waals surface area contributed by atoms with Crippen molar-refractivity contribution in [1.82, 2.24) is 14.8 Å². The maximum absolute atomic E-state index is 13.1. The Balaban J connectivity index is 1.87. The molecular formula is C27H29N3O4. The SMILES string of the molecule is CCOC(=O)c1c(C)oc2c1c([C@H](c1ccccn1)N1CCN(C)CC1)c(O)c1ccccc12. The minimum Gasteiger partial charge on any atom is -0.507 e. The van der Waals surface area contributed by atoms with Gasteiger partial charge in [0.2, 0.25) is 0 Å². The van der Waals surface area contributed by atoms with Crippen LogP contribution in [0.4, 0.5) is 0 Å². The van der Waals surface area contributed by atoms with Crippen LogP contribution in [0.3, 0.4) is 0 Å². The normalized spacial score (nSPS) is 16.2. The zero-order chi connectivity index (χ0) is 23.8. The largest absolute Gasteiger partial charge is 0.507 e. The van der Waals surface area contributed by atoms with E-state index in [0.29, 0.717) is 33.2 Å². The smallest absolute Gasteiger partial charge is 0.342 e. The Morgan fingerprint density at radius 3 is 2.50 bits per heavy atom. The van der Waals surface area contributed by atoms with Crippen molar-refractivity contribution in [3.8, 4) is 5.75 Å². The molecule has 0 spiro atoms. The van der Waals surface area contributed by atoms with Crippen LogP contribution in [0, 0.1) is 6.92 Å². The Labute approximate surface area is 198 Å². The number of benzene rings is 2. The number of rotatable bonds is 5. The molecule has 7 nitrogen and oxygen atoms in total. The molecule has 34 heavy (non-hydrogen) atoms. The number of phenolic OH excluding ortho intramolecular Hbond substituents is 1. The van der Waals surface area contributed by atoms with E-state index >= 15 is 0 Å². The number of aromatic nitrogens is 1. The number of aryl methyl sites for hydroxylation is 1. The number of piperazine rings is 1. The molecule has 2 aromatic carbocycles. The third-order valence-electron chi connectivity index (χ3n) is 6.66. The lowest BCUT2D eigenvalue weighted by Crippen LogP contribution is -2.46. The number of carbonyl (C=O) groups excluding carboxylic acids is 1. The number of aromatic hydroxyl groups is 1. The minimum absolute atomic E-state index is 0.143. The molecule has 1 fully saturated rings. The van der Waals surface area contributed by atoms with Crippen LogP contribution >= 0.6 is 0 Å². The topological polar surface area (TPSA) is 79.0 Å². The molecule has 0 bridgehead atoms. The van der Waals surface area contributed by atoms with Crippen LogP contribution in [0.5, 0.6) is 5.75 Å². The maximum Gasteiger partial charge on any atom is 0.342 e. The van der Waals surface area contributed by atoms with E-state index < -0.39 is 5.97 Å². The number of likely N-dealkylation sites (N-methyl/N-ethyl adjacent to an activating group) is 1. The lowest BCUT2D eigenvalue weighted by molar-refractivity contribution is 0.0526. The van der Waals surface area contributed by atoms with E-state index in [1.807, 2.05) is 42.5 Å². The fourth-order valence-corrected chi connectivity index (χ4v) is 4.99. The Hall–Kier alpha value is -3.42. The summed E-state index contributed by atoms with van der Waals surface area (Å²) in [5, 5.41) is 13.8. The van der Waals surface area contributed by atoms with Crippen LogP contribution in [0.15, 0.2) is 53.1 Å². The first-order valence-electron chi connectivity index (χ1n) is 11.7. The first-order valence-corrected chi connectivity index (χ1v) is 11.7. The van der Waals surface area contributed by atoms with Crippen molar-refractivity contribution in [2.24, 2.45) is 0 Å². The average molecular weight is 460 g/mol. The van der Waals surface area contributed by atoms with Gasteiger partial charge in [-0.15, -0.1) is 0 Å². The van der Waals surface area contributed by atoms with Crippen LogP contribution in [0.1, 0.15) is 40.3 Å². The first kappa shape index (κ1) is 22.4. The lowest BCUT2D eigenvalue weighted by atomic mass is 9.90. The monoisotopic (exact) mass is 459 g/mol. The highest BCUT2D eigenvalue weighted by molar-refractivity contribution is 6.16. The van der Waals surface area contributed by atoms with Crippen molar-refractivity contribution in [2.75, 3.05) is 39.8 Å². The highest BCUT2D eigenvalue weighted by atomic mass is 16.5. The molecule has 0 amide bonds. The van der Waals surface area contributed by atoms with E-state index in [1.165, 1.54) is 0 Å². The molecule has 1 atom stereocenters. The minimum atomic E-state index is -0.451. The third-order valence-corrected chi connectivity index (χ3v) is 6.66. The molecule has 1 saturated heterocycles. The van der Waals surface area contributed by atoms with Gasteiger partial charge in [-0.1, -0.05) is 30.3 Å². The van der Waals surface area contributed by atoms with Crippen molar-refractivity contribution >= 4 is 27.7 Å². The fraction of sp³-hybridized carbons (Fsp3) is 0.333. The number of esters is 1. The number of hydrogen-bond donors (Lipinski definition) is 1. The average Bonchev–Trinajstić information content (AvgIpc) is 3.20. The molecule has 0 unspecified atom stereocenters. The number of fused-ring (bicyclic) bond motifs is 3. The van der Waals surface area contributed by atoms with Gasteiger partial charge in [-0.05, 0) is 33.0 Å². The van der Waals surface area contributed by atoms with Crippen LogP contribution in [-0.4, -0.2) is 65.7 Å². The van der Waals surface area contributed by atoms with Gasteiger partial charge in [0.05, 0.1) is 18.3 Å². The summed E-state index contributed by atoms with van der Waals surface area (Å²) in [6.45, 7) is 7.21. The number of furan rings is 1. The molecule has 0 saturated carbocycles. The predicted octanol–water partition coefficient (Wildman–Crippen LogP) is 4.51. The van der Waals surface area contributed by atoms with Gasteiger partial charge in [-0.25, -0.2) is 4.79 Å². The van der Waals surface area contributed by atoms with Crippen molar-refractivity contribution in [3.05, 3.63) is 71.2 Å². The molecule has 3 heterocycles. The molecule has 0 radical (unpaired) electrons. The molecule has 5 rings (SSSR count). The van der Waals surface area contributed by atoms with Crippen LogP contribution in [-0.2, 0) is 4.74 Å². The summed E-state index contributed by atoms with van der Waals surface area (Å²) < 4.78 is 11.6. The molecule has 176 valence electrons. The number of ether oxygens (including phenoxy) is 1. The molecular weight excluding hydrogens is 430 g/mol. The number of carbonyl (C=O) groups is 1. The fourth-order valence-electron chi connectivity index (χ4n) is 4.99. The zero-order valence-corrected chi connectivity index (χ0v) is 19.7. The third kappa shape index (κ3) is 3.71. The van der Waals surface area contributed by atoms with E-state index in [4.69, 9.17) is 9.15 Å². The number of hydrogen-bond acceptors (Lipinski definition) is 7. The van der Waals surface area contributed by atoms with E-state index in [-0.39, 0.29) is 18.4 Å². The van der Waals surface area contributed by atoms with Crippen molar-refractivity contribution < 1.29 is 19.1 Å². The van der Waals surface area contributed by atoms with Crippen LogP contribution in [0.2, 0.25) is 0 Å². The Morgan fingerprint density at radius 2 is 1.82 bits per heavy atom. The molecule has 1 N–H and O–H groups in total. The van der Waals surface area contributed by atoms with Gasteiger partial charge in [-0.2, -0.15) is 0 Å². The van der Waals surface area contributed by atoms with Gasteiger partial charge >= 0.3 is 5.97 Å². The summed E-state index contributed by atoms with van der Waals surface area (Å²) in [6.07, 6.45) is 1.76. The molecule has 2 aromatic heterocycles. The molecule has 4 aromatic rings. The second-order valence-electron chi connectivity index (χ2n) is 8.76. The number of pyridine rings is 1. The van der Waals surface area contributed by atoms with Gasteiger partial charge in [0.25, 0.3) is 0 Å². The lowest BCUT2D eigenvalue weighted by Gasteiger charge is -2.38. The van der Waals surface area contributed by atoms with Gasteiger partial charge < -0.3 is 19.2 Å². The first-order chi connectivity index (χ1) is 16.5. The Morgan fingerprint density at radius 1 is 1.12 bits per heavy atom. The van der Waals surface area contributed by atoms with E-state index in [2.05, 4.69) is 21.8 Å². The van der Waals surface area contributed by atoms with E-state index in [9.17, 15) is 9.90 Å². The van der Waals surface area contributed by atoms with Crippen LogP contribution < -0.4 is 0 Å². The molecule has 1 aliphatic heterocycles. The summed E-state index contributed by atoms with van der Waals surface area (Å²) >= 11 is 0. The summed E-state index contributed by atoms with van der Waals surface area (Å²) in [4.78, 5) is 22.4. The second kappa shape index (κ2) is 9.08. The van der Waals surface area contributed by atoms with E-state index in [0.717, 1.165) is 37.3 Å². The maximum atomic E-state index is 13.1. The van der Waals surface area contributed by atoms with Gasteiger partial charge in [0.1, 0.15) is 22.7 Å². The highest BCUT2D eigenvalue weighted by Gasteiger charge is 2.35. The van der Waals surface area contributed by atoms with Gasteiger partial charge in [-0.3, -0.25) is 9.88 Å². The predicted molar refractivity (Wildman–Crippen MR) is 131 cm³/mol. The highest BCUT2D eigenvalue weighted by Crippen LogP contribution is 2.47. The van der Waals surface area contributed by atoms with Gasteiger partial charge in [0, 0.05) is 54.1 Å². The summed E-state index contributed by atoms with van der Waals surface area (Å²) in [5.74, 6) is 0.167. The molecule has 7 heteroatoms. The van der Waals surface area contributed by atoms with Crippen molar-refractivity contribution in [3.63, 3.8) is 0 Å². The van der Waals surface area contributed by atoms with Gasteiger partial charge in [0.15, 0.2) is 0 Å². The quantitative estimate of drug-likeness (QED) is 0.440. The van der Waals surface area contributed by atoms with Crippen molar-refractivity contribution in [2.45, 2.75) is 19.9 Å². The summed E-state index contributed by atoms with van der Waals surface area (Å²) in [6, 6.07) is 13.0. The second-order valence-corrected chi connectivity index (χ2v) is 8.76. The van der Waals surface area contributed by atoms with Crippen LogP contribution in [0.25, 0.3) is 21.7 Å². The number of nitrogens with zero attached hydrogens (tertiary/aromatic N) is 3. The zero-order valence-electron chi connectivity index (χ0n) is 19.7. The Kier molecular flexibility index (Phi) is 5.98. The molecule has 0 aliphatic carbocycles. The molecule has 1 aliphatic rings. The van der Waals surface area contributed by atoms with E-state index in [1.54, 1.807) is 20.0 Å². The standard InChI is InChI=1S/C27H29N3O4/c1-4-33-27(32)21-17(2)34-26-19-10-6-5-9-18(19)25(31)23(22(21)26)24(20-11-7-8-12-28-20)30-15-13-29(3)14-16-30/h5-12,24,31H,4,13-16H2,1-3H3/t24-/m0/s1. The number of phenols is 1.